The molecule has 1 aromatic rings. The SMILES string of the molecule is Cc1ccc(I)c(C(=O)N(C(C)C)C(C)C)c1. The monoisotopic (exact) mass is 345 g/mol. The van der Waals surface area contributed by atoms with Gasteiger partial charge in [0.2, 0.25) is 0 Å². The lowest BCUT2D eigenvalue weighted by Gasteiger charge is -2.31. The lowest BCUT2D eigenvalue weighted by molar-refractivity contribution is 0.0642. The summed E-state index contributed by atoms with van der Waals surface area (Å²) in [6.07, 6.45) is 0. The highest BCUT2D eigenvalue weighted by Gasteiger charge is 2.23. The van der Waals surface area contributed by atoms with Gasteiger partial charge >= 0.3 is 0 Å². The molecule has 1 amide bonds. The molecule has 17 heavy (non-hydrogen) atoms. The Morgan fingerprint density at radius 2 is 1.71 bits per heavy atom. The summed E-state index contributed by atoms with van der Waals surface area (Å²) < 4.78 is 1.02. The van der Waals surface area contributed by atoms with Gasteiger partial charge in [0.05, 0.1) is 5.56 Å². The van der Waals surface area contributed by atoms with Crippen LogP contribution in [0.5, 0.6) is 0 Å². The molecule has 0 unspecified atom stereocenters. The van der Waals surface area contributed by atoms with Crippen LogP contribution in [-0.4, -0.2) is 22.9 Å². The average Bonchev–Trinajstić information content (AvgIpc) is 2.20. The maximum Gasteiger partial charge on any atom is 0.255 e. The lowest BCUT2D eigenvalue weighted by Crippen LogP contribution is -2.42. The van der Waals surface area contributed by atoms with Crippen molar-refractivity contribution < 1.29 is 4.79 Å². The highest BCUT2D eigenvalue weighted by atomic mass is 127. The van der Waals surface area contributed by atoms with Gasteiger partial charge in [-0.1, -0.05) is 11.6 Å². The number of hydrogen-bond donors (Lipinski definition) is 0. The smallest absolute Gasteiger partial charge is 0.255 e. The Balaban J connectivity index is 3.14. The standard InChI is InChI=1S/C14H20INO/c1-9(2)16(10(3)4)14(17)12-8-11(5)6-7-13(12)15/h6-10H,1-5H3. The van der Waals surface area contributed by atoms with Gasteiger partial charge in [-0.05, 0) is 69.3 Å². The van der Waals surface area contributed by atoms with E-state index in [0.717, 1.165) is 14.7 Å². The van der Waals surface area contributed by atoms with E-state index in [-0.39, 0.29) is 18.0 Å². The van der Waals surface area contributed by atoms with Gasteiger partial charge in [-0.2, -0.15) is 0 Å². The summed E-state index contributed by atoms with van der Waals surface area (Å²) in [6, 6.07) is 6.45. The molecule has 2 nitrogen and oxygen atoms in total. The Kier molecular flexibility index (Phi) is 4.98. The molecule has 0 aromatic heterocycles. The van der Waals surface area contributed by atoms with E-state index in [0.29, 0.717) is 0 Å². The minimum absolute atomic E-state index is 0.128. The van der Waals surface area contributed by atoms with E-state index in [1.807, 2.05) is 30.0 Å². The zero-order valence-electron chi connectivity index (χ0n) is 11.1. The summed E-state index contributed by atoms with van der Waals surface area (Å²) in [4.78, 5) is 14.4. The predicted octanol–water partition coefficient (Wildman–Crippen LogP) is 3.86. The first kappa shape index (κ1) is 14.5. The van der Waals surface area contributed by atoms with Crippen LogP contribution in [-0.2, 0) is 0 Å². The van der Waals surface area contributed by atoms with Crippen molar-refractivity contribution in [2.45, 2.75) is 46.7 Å². The summed E-state index contributed by atoms with van der Waals surface area (Å²) in [5, 5.41) is 0. The van der Waals surface area contributed by atoms with Crippen LogP contribution in [0.3, 0.4) is 0 Å². The number of carbonyl (C=O) groups is 1. The molecule has 0 saturated heterocycles. The molecule has 0 atom stereocenters. The molecule has 1 rings (SSSR count). The fourth-order valence-electron chi connectivity index (χ4n) is 2.01. The molecular formula is C14H20INO. The van der Waals surface area contributed by atoms with Crippen molar-refractivity contribution in [2.24, 2.45) is 0 Å². The Morgan fingerprint density at radius 3 is 2.18 bits per heavy atom. The highest BCUT2D eigenvalue weighted by Crippen LogP contribution is 2.19. The molecule has 3 heteroatoms. The molecule has 0 aliphatic heterocycles. The molecule has 0 N–H and O–H groups in total. The second-order valence-corrected chi connectivity index (χ2v) is 6.05. The lowest BCUT2D eigenvalue weighted by atomic mass is 10.1. The Labute approximate surface area is 118 Å². The molecule has 0 heterocycles. The predicted molar refractivity (Wildman–Crippen MR) is 80.3 cm³/mol. The van der Waals surface area contributed by atoms with E-state index >= 15 is 0 Å². The summed E-state index contributed by atoms with van der Waals surface area (Å²) in [5.41, 5.74) is 1.94. The fraction of sp³-hybridized carbons (Fsp3) is 0.500. The minimum Gasteiger partial charge on any atom is -0.334 e. The molecule has 0 aliphatic rings. The fourth-order valence-corrected chi connectivity index (χ4v) is 2.57. The number of amides is 1. The zero-order valence-corrected chi connectivity index (χ0v) is 13.3. The zero-order chi connectivity index (χ0) is 13.2. The maximum absolute atomic E-state index is 12.5. The van der Waals surface area contributed by atoms with E-state index in [4.69, 9.17) is 0 Å². The number of aryl methyl sites for hydroxylation is 1. The third-order valence-corrected chi connectivity index (χ3v) is 3.64. The van der Waals surface area contributed by atoms with Gasteiger partial charge in [0.1, 0.15) is 0 Å². The van der Waals surface area contributed by atoms with Crippen LogP contribution in [0.4, 0.5) is 0 Å². The molecule has 0 saturated carbocycles. The van der Waals surface area contributed by atoms with Gasteiger partial charge in [-0.25, -0.2) is 0 Å². The van der Waals surface area contributed by atoms with Gasteiger partial charge in [0.15, 0.2) is 0 Å². The Hall–Kier alpha value is -0.580. The molecular weight excluding hydrogens is 325 g/mol. The summed E-state index contributed by atoms with van der Waals surface area (Å²) in [5.74, 6) is 0.128. The Bertz CT molecular complexity index is 405. The van der Waals surface area contributed by atoms with Crippen molar-refractivity contribution in [3.8, 4) is 0 Å². The number of nitrogens with zero attached hydrogens (tertiary/aromatic N) is 1. The normalized spacial score (nSPS) is 11.1. The molecule has 0 aliphatic carbocycles. The first-order valence-electron chi connectivity index (χ1n) is 5.93. The van der Waals surface area contributed by atoms with Crippen molar-refractivity contribution in [1.82, 2.24) is 4.90 Å². The largest absolute Gasteiger partial charge is 0.334 e. The van der Waals surface area contributed by atoms with Gasteiger partial charge in [0, 0.05) is 15.7 Å². The first-order valence-corrected chi connectivity index (χ1v) is 7.01. The van der Waals surface area contributed by atoms with E-state index in [1.165, 1.54) is 0 Å². The van der Waals surface area contributed by atoms with Crippen LogP contribution in [0.15, 0.2) is 18.2 Å². The van der Waals surface area contributed by atoms with Crippen molar-refractivity contribution >= 4 is 28.5 Å². The van der Waals surface area contributed by atoms with Crippen LogP contribution in [0.2, 0.25) is 0 Å². The number of halogens is 1. The third kappa shape index (κ3) is 3.44. The quantitative estimate of drug-likeness (QED) is 0.762. The second-order valence-electron chi connectivity index (χ2n) is 4.88. The third-order valence-electron chi connectivity index (χ3n) is 2.70. The highest BCUT2D eigenvalue weighted by molar-refractivity contribution is 14.1. The van der Waals surface area contributed by atoms with Crippen LogP contribution in [0, 0.1) is 10.5 Å². The molecule has 94 valence electrons. The van der Waals surface area contributed by atoms with E-state index in [9.17, 15) is 4.79 Å². The number of carbonyl (C=O) groups excluding carboxylic acids is 1. The minimum atomic E-state index is 0.128. The molecule has 0 bridgehead atoms. The van der Waals surface area contributed by atoms with Gasteiger partial charge in [0.25, 0.3) is 5.91 Å². The van der Waals surface area contributed by atoms with Gasteiger partial charge in [-0.3, -0.25) is 4.79 Å². The topological polar surface area (TPSA) is 20.3 Å². The average molecular weight is 345 g/mol. The van der Waals surface area contributed by atoms with E-state index in [2.05, 4.69) is 50.3 Å². The Morgan fingerprint density at radius 1 is 1.18 bits per heavy atom. The summed E-state index contributed by atoms with van der Waals surface area (Å²) in [6.45, 7) is 10.2. The van der Waals surface area contributed by atoms with E-state index in [1.54, 1.807) is 0 Å². The first-order chi connectivity index (χ1) is 7.84. The number of benzene rings is 1. The molecule has 1 aromatic carbocycles. The van der Waals surface area contributed by atoms with E-state index < -0.39 is 0 Å². The number of hydrogen-bond acceptors (Lipinski definition) is 1. The van der Waals surface area contributed by atoms with Crippen molar-refractivity contribution in [1.29, 1.82) is 0 Å². The van der Waals surface area contributed by atoms with Crippen molar-refractivity contribution in [3.63, 3.8) is 0 Å². The molecule has 0 fully saturated rings. The number of rotatable bonds is 3. The van der Waals surface area contributed by atoms with Crippen LogP contribution in [0.1, 0.15) is 43.6 Å². The molecule has 0 spiro atoms. The summed E-state index contributed by atoms with van der Waals surface area (Å²) in [7, 11) is 0. The molecule has 0 radical (unpaired) electrons. The summed E-state index contributed by atoms with van der Waals surface area (Å²) >= 11 is 2.22. The van der Waals surface area contributed by atoms with Crippen LogP contribution in [0.25, 0.3) is 0 Å². The van der Waals surface area contributed by atoms with Crippen molar-refractivity contribution in [2.75, 3.05) is 0 Å². The van der Waals surface area contributed by atoms with Gasteiger partial charge < -0.3 is 4.90 Å². The van der Waals surface area contributed by atoms with Gasteiger partial charge in [-0.15, -0.1) is 0 Å². The van der Waals surface area contributed by atoms with Crippen LogP contribution < -0.4 is 0 Å². The maximum atomic E-state index is 12.5. The second kappa shape index (κ2) is 5.85. The van der Waals surface area contributed by atoms with Crippen LogP contribution >= 0.6 is 22.6 Å². The van der Waals surface area contributed by atoms with Crippen molar-refractivity contribution in [3.05, 3.63) is 32.9 Å².